The van der Waals surface area contributed by atoms with Gasteiger partial charge in [-0.2, -0.15) is 0 Å². The van der Waals surface area contributed by atoms with Crippen molar-refractivity contribution in [3.8, 4) is 22.9 Å². The first-order chi connectivity index (χ1) is 20.6. The van der Waals surface area contributed by atoms with Crippen molar-refractivity contribution < 1.29 is 23.4 Å². The number of hydrogen-bond acceptors (Lipinski definition) is 9. The zero-order valence-corrected chi connectivity index (χ0v) is 24.4. The molecule has 42 heavy (non-hydrogen) atoms. The highest BCUT2D eigenvalue weighted by Gasteiger charge is 2.18. The first kappa shape index (κ1) is 28.7. The van der Waals surface area contributed by atoms with Gasteiger partial charge >= 0.3 is 0 Å². The van der Waals surface area contributed by atoms with Crippen LogP contribution in [0.25, 0.3) is 5.69 Å². The quantitative estimate of drug-likeness (QED) is 0.188. The predicted molar refractivity (Wildman–Crippen MR) is 159 cm³/mol. The summed E-state index contributed by atoms with van der Waals surface area (Å²) in [5, 5.41) is 12.5. The van der Waals surface area contributed by atoms with Crippen LogP contribution in [0.3, 0.4) is 0 Å². The maximum Gasteiger partial charge on any atom is 0.273 e. The van der Waals surface area contributed by atoms with Gasteiger partial charge in [-0.3, -0.25) is 9.36 Å². The molecule has 5 rings (SSSR count). The van der Waals surface area contributed by atoms with E-state index in [4.69, 9.17) is 18.6 Å². The summed E-state index contributed by atoms with van der Waals surface area (Å²) >= 11 is 1.43. The molecule has 11 heteroatoms. The van der Waals surface area contributed by atoms with Crippen LogP contribution in [0, 0.1) is 0 Å². The number of benzene rings is 3. The Morgan fingerprint density at radius 1 is 0.905 bits per heavy atom. The van der Waals surface area contributed by atoms with Crippen molar-refractivity contribution in [1.29, 1.82) is 0 Å². The largest absolute Gasteiger partial charge is 0.497 e. The standard InChI is InChI=1S/C31H31N5O5S/c1-38-24-12-10-23(11-13-24)36-28(18-21-7-5-4-6-8-21)34-35-31(36)42-20-29-33-25(19-41-29)30(37)32-16-15-22-9-14-26(39-2)27(17-22)40-3/h4-14,17,19H,15-16,18,20H2,1-3H3,(H,32,37). The summed E-state index contributed by atoms with van der Waals surface area (Å²) in [7, 11) is 4.83. The zero-order valence-electron chi connectivity index (χ0n) is 23.6. The molecule has 3 aromatic carbocycles. The van der Waals surface area contributed by atoms with Crippen LogP contribution in [0.15, 0.2) is 88.6 Å². The van der Waals surface area contributed by atoms with Crippen LogP contribution in [0.5, 0.6) is 17.2 Å². The highest BCUT2D eigenvalue weighted by molar-refractivity contribution is 7.98. The van der Waals surface area contributed by atoms with E-state index in [1.807, 2.05) is 65.2 Å². The lowest BCUT2D eigenvalue weighted by Crippen LogP contribution is -2.26. The van der Waals surface area contributed by atoms with E-state index < -0.39 is 0 Å². The third-order valence-corrected chi connectivity index (χ3v) is 7.41. The number of hydrogen-bond donors (Lipinski definition) is 1. The topological polar surface area (TPSA) is 114 Å². The zero-order chi connectivity index (χ0) is 29.3. The highest BCUT2D eigenvalue weighted by atomic mass is 32.2. The lowest BCUT2D eigenvalue weighted by atomic mass is 10.1. The molecule has 0 bridgehead atoms. The number of aromatic nitrogens is 4. The molecule has 0 aliphatic carbocycles. The van der Waals surface area contributed by atoms with E-state index in [-0.39, 0.29) is 11.6 Å². The summed E-state index contributed by atoms with van der Waals surface area (Å²) in [5.41, 5.74) is 3.28. The van der Waals surface area contributed by atoms with Crippen molar-refractivity contribution in [3.05, 3.63) is 108 Å². The summed E-state index contributed by atoms with van der Waals surface area (Å²) in [5.74, 6) is 3.36. The number of nitrogens with zero attached hydrogens (tertiary/aromatic N) is 4. The molecule has 0 unspecified atom stereocenters. The molecule has 0 saturated carbocycles. The van der Waals surface area contributed by atoms with E-state index in [0.717, 1.165) is 28.4 Å². The number of ether oxygens (including phenoxy) is 3. The smallest absolute Gasteiger partial charge is 0.273 e. The second-order valence-electron chi connectivity index (χ2n) is 9.21. The minimum atomic E-state index is -0.304. The predicted octanol–water partition coefficient (Wildman–Crippen LogP) is 5.14. The van der Waals surface area contributed by atoms with Gasteiger partial charge in [-0.05, 0) is 53.9 Å². The Bertz CT molecular complexity index is 1620. The first-order valence-corrected chi connectivity index (χ1v) is 14.3. The van der Waals surface area contributed by atoms with E-state index in [9.17, 15) is 4.79 Å². The highest BCUT2D eigenvalue weighted by Crippen LogP contribution is 2.28. The Kier molecular flexibility index (Phi) is 9.40. The molecule has 2 heterocycles. The summed E-state index contributed by atoms with van der Waals surface area (Å²) < 4.78 is 23.6. The monoisotopic (exact) mass is 585 g/mol. The van der Waals surface area contributed by atoms with Crippen molar-refractivity contribution in [3.63, 3.8) is 0 Å². The summed E-state index contributed by atoms with van der Waals surface area (Å²) in [6.45, 7) is 0.431. The summed E-state index contributed by atoms with van der Waals surface area (Å²) in [6.07, 6.45) is 2.61. The van der Waals surface area contributed by atoms with Crippen molar-refractivity contribution in [2.45, 2.75) is 23.8 Å². The van der Waals surface area contributed by atoms with Gasteiger partial charge < -0.3 is 23.9 Å². The molecule has 0 aliphatic heterocycles. The minimum Gasteiger partial charge on any atom is -0.497 e. The molecule has 216 valence electrons. The van der Waals surface area contributed by atoms with E-state index in [2.05, 4.69) is 32.6 Å². The average molecular weight is 586 g/mol. The Morgan fingerprint density at radius 2 is 1.69 bits per heavy atom. The molecule has 5 aromatic rings. The van der Waals surface area contributed by atoms with Gasteiger partial charge in [0, 0.05) is 18.7 Å². The van der Waals surface area contributed by atoms with Gasteiger partial charge in [0.15, 0.2) is 22.3 Å². The lowest BCUT2D eigenvalue weighted by molar-refractivity contribution is 0.0949. The average Bonchev–Trinajstić information content (AvgIpc) is 3.67. The van der Waals surface area contributed by atoms with Crippen LogP contribution in [-0.2, 0) is 18.6 Å². The Hall–Kier alpha value is -4.77. The third kappa shape index (κ3) is 6.92. The molecule has 0 spiro atoms. The van der Waals surface area contributed by atoms with Gasteiger partial charge in [-0.1, -0.05) is 48.2 Å². The van der Waals surface area contributed by atoms with Gasteiger partial charge in [0.25, 0.3) is 5.91 Å². The Labute approximate surface area is 248 Å². The second-order valence-corrected chi connectivity index (χ2v) is 10.1. The molecule has 10 nitrogen and oxygen atoms in total. The first-order valence-electron chi connectivity index (χ1n) is 13.3. The Morgan fingerprint density at radius 3 is 2.43 bits per heavy atom. The lowest BCUT2D eigenvalue weighted by Gasteiger charge is -2.11. The number of carbonyl (C=O) groups is 1. The molecule has 0 saturated heterocycles. The molecule has 0 atom stereocenters. The van der Waals surface area contributed by atoms with Gasteiger partial charge in [0.1, 0.15) is 17.8 Å². The van der Waals surface area contributed by atoms with E-state index >= 15 is 0 Å². The molecule has 1 N–H and O–H groups in total. The number of thioether (sulfide) groups is 1. The van der Waals surface area contributed by atoms with Gasteiger partial charge in [-0.25, -0.2) is 4.98 Å². The van der Waals surface area contributed by atoms with Crippen LogP contribution in [-0.4, -0.2) is 53.5 Å². The van der Waals surface area contributed by atoms with Crippen molar-refractivity contribution in [2.75, 3.05) is 27.9 Å². The molecule has 0 radical (unpaired) electrons. The van der Waals surface area contributed by atoms with Gasteiger partial charge in [0.05, 0.1) is 27.1 Å². The van der Waals surface area contributed by atoms with Crippen molar-refractivity contribution in [2.24, 2.45) is 0 Å². The van der Waals surface area contributed by atoms with Crippen molar-refractivity contribution >= 4 is 17.7 Å². The van der Waals surface area contributed by atoms with Crippen LogP contribution in [0.2, 0.25) is 0 Å². The fraction of sp³-hybridized carbons (Fsp3) is 0.226. The van der Waals surface area contributed by atoms with E-state index in [1.54, 1.807) is 21.3 Å². The van der Waals surface area contributed by atoms with Crippen LogP contribution < -0.4 is 19.5 Å². The number of nitrogens with one attached hydrogen (secondary N) is 1. The molecule has 2 aromatic heterocycles. The number of rotatable bonds is 13. The van der Waals surface area contributed by atoms with E-state index in [0.29, 0.717) is 47.7 Å². The molecular weight excluding hydrogens is 554 g/mol. The maximum atomic E-state index is 12.7. The summed E-state index contributed by atoms with van der Waals surface area (Å²) in [4.78, 5) is 17.1. The fourth-order valence-electron chi connectivity index (χ4n) is 4.33. The fourth-order valence-corrected chi connectivity index (χ4v) is 5.16. The van der Waals surface area contributed by atoms with Crippen LogP contribution >= 0.6 is 11.8 Å². The molecule has 0 fully saturated rings. The number of carbonyl (C=O) groups excluding carboxylic acids is 1. The van der Waals surface area contributed by atoms with Crippen LogP contribution in [0.1, 0.15) is 33.3 Å². The maximum absolute atomic E-state index is 12.7. The number of amides is 1. The van der Waals surface area contributed by atoms with Gasteiger partial charge in [0.2, 0.25) is 5.89 Å². The summed E-state index contributed by atoms with van der Waals surface area (Å²) in [6, 6.07) is 23.5. The normalized spacial score (nSPS) is 10.8. The van der Waals surface area contributed by atoms with Crippen molar-refractivity contribution in [1.82, 2.24) is 25.1 Å². The third-order valence-electron chi connectivity index (χ3n) is 6.49. The molecule has 1 amide bonds. The van der Waals surface area contributed by atoms with E-state index in [1.165, 1.54) is 18.0 Å². The second kappa shape index (κ2) is 13.7. The SMILES string of the molecule is COc1ccc(-n2c(Cc3ccccc3)nnc2SCc2nc(C(=O)NCCc3ccc(OC)c(OC)c3)co2)cc1. The number of oxazole rings is 1. The number of methoxy groups -OCH3 is 3. The minimum absolute atomic E-state index is 0.222. The molecular formula is C31H31N5O5S. The Balaban J connectivity index is 1.23. The van der Waals surface area contributed by atoms with Crippen LogP contribution in [0.4, 0.5) is 0 Å². The van der Waals surface area contributed by atoms with Gasteiger partial charge in [-0.15, -0.1) is 10.2 Å². The molecule has 0 aliphatic rings.